The Morgan fingerprint density at radius 3 is 2.50 bits per heavy atom. The molecule has 26 heavy (non-hydrogen) atoms. The number of benzene rings is 1. The van der Waals surface area contributed by atoms with E-state index in [9.17, 15) is 18.0 Å². The summed E-state index contributed by atoms with van der Waals surface area (Å²) >= 11 is 0. The Labute approximate surface area is 151 Å². The van der Waals surface area contributed by atoms with Crippen molar-refractivity contribution in [2.24, 2.45) is 0 Å². The highest BCUT2D eigenvalue weighted by molar-refractivity contribution is 7.89. The van der Waals surface area contributed by atoms with Gasteiger partial charge >= 0.3 is 5.69 Å². The van der Waals surface area contributed by atoms with E-state index < -0.39 is 26.8 Å². The standard InChI is InChI=1S/C18H21N3O4S/c22-16-9-13-21(17(23)19-16)12-5-2-6-14-26(24,25)20-18(10-11-18)15-7-3-1-4-8-15/h1-5,7-9,13,20H,6,10-12,14H2,(H,19,22,23)/b5-2-. The van der Waals surface area contributed by atoms with Gasteiger partial charge in [-0.1, -0.05) is 42.5 Å². The van der Waals surface area contributed by atoms with Gasteiger partial charge in [-0.05, 0) is 24.8 Å². The van der Waals surface area contributed by atoms with Crippen LogP contribution in [-0.2, 0) is 22.1 Å². The molecule has 0 spiro atoms. The van der Waals surface area contributed by atoms with E-state index in [0.717, 1.165) is 18.4 Å². The van der Waals surface area contributed by atoms with Crippen LogP contribution in [0.2, 0.25) is 0 Å². The number of nitrogens with one attached hydrogen (secondary N) is 2. The van der Waals surface area contributed by atoms with E-state index in [4.69, 9.17) is 0 Å². The maximum Gasteiger partial charge on any atom is 0.328 e. The Balaban J connectivity index is 1.52. The van der Waals surface area contributed by atoms with Crippen LogP contribution in [0.4, 0.5) is 0 Å². The van der Waals surface area contributed by atoms with Gasteiger partial charge in [0.2, 0.25) is 10.0 Å². The van der Waals surface area contributed by atoms with Gasteiger partial charge in [0.15, 0.2) is 0 Å². The van der Waals surface area contributed by atoms with Crippen molar-refractivity contribution in [3.8, 4) is 0 Å². The molecule has 1 aliphatic carbocycles. The number of sulfonamides is 1. The van der Waals surface area contributed by atoms with Crippen LogP contribution in [0.15, 0.2) is 64.3 Å². The van der Waals surface area contributed by atoms with Crippen LogP contribution in [-0.4, -0.2) is 23.7 Å². The molecule has 0 radical (unpaired) electrons. The highest BCUT2D eigenvalue weighted by Gasteiger charge is 2.46. The topological polar surface area (TPSA) is 101 Å². The zero-order valence-electron chi connectivity index (χ0n) is 14.2. The van der Waals surface area contributed by atoms with Crippen molar-refractivity contribution < 1.29 is 8.42 Å². The van der Waals surface area contributed by atoms with E-state index in [-0.39, 0.29) is 12.3 Å². The fraction of sp³-hybridized carbons (Fsp3) is 0.333. The quantitative estimate of drug-likeness (QED) is 0.675. The second kappa shape index (κ2) is 7.43. The van der Waals surface area contributed by atoms with E-state index in [1.807, 2.05) is 30.3 Å². The van der Waals surface area contributed by atoms with E-state index in [1.54, 1.807) is 12.2 Å². The SMILES string of the molecule is O=c1ccn(C/C=C\CCS(=O)(=O)NC2(c3ccccc3)CC2)c(=O)[nH]1. The van der Waals surface area contributed by atoms with Crippen LogP contribution < -0.4 is 16.0 Å². The van der Waals surface area contributed by atoms with E-state index in [1.165, 1.54) is 16.8 Å². The van der Waals surface area contributed by atoms with Crippen molar-refractivity contribution in [3.05, 3.63) is 81.1 Å². The minimum Gasteiger partial charge on any atom is -0.297 e. The van der Waals surface area contributed by atoms with Crippen LogP contribution in [0.25, 0.3) is 0 Å². The molecule has 0 unspecified atom stereocenters. The predicted molar refractivity (Wildman–Crippen MR) is 99.4 cm³/mol. The number of rotatable bonds is 8. The Bertz CT molecular complexity index is 1000. The molecule has 7 nitrogen and oxygen atoms in total. The summed E-state index contributed by atoms with van der Waals surface area (Å²) in [6.07, 6.45) is 6.79. The molecule has 0 saturated heterocycles. The molecule has 2 N–H and O–H groups in total. The summed E-state index contributed by atoms with van der Waals surface area (Å²) in [5.41, 5.74) is -0.390. The van der Waals surface area contributed by atoms with Gasteiger partial charge in [0, 0.05) is 18.8 Å². The summed E-state index contributed by atoms with van der Waals surface area (Å²) in [5, 5.41) is 0. The van der Waals surface area contributed by atoms with Crippen molar-refractivity contribution in [1.29, 1.82) is 0 Å². The Kier molecular flexibility index (Phi) is 5.24. The molecule has 1 heterocycles. The summed E-state index contributed by atoms with van der Waals surface area (Å²) in [6, 6.07) is 10.9. The molecule has 0 atom stereocenters. The van der Waals surface area contributed by atoms with Crippen molar-refractivity contribution in [2.75, 3.05) is 5.75 Å². The number of allylic oxidation sites excluding steroid dienone is 2. The van der Waals surface area contributed by atoms with Crippen molar-refractivity contribution in [2.45, 2.75) is 31.3 Å². The Hall–Kier alpha value is -2.45. The summed E-state index contributed by atoms with van der Waals surface area (Å²) in [7, 11) is -3.40. The van der Waals surface area contributed by atoms with Gasteiger partial charge in [0.25, 0.3) is 5.56 Å². The molecule has 3 rings (SSSR count). The van der Waals surface area contributed by atoms with Crippen LogP contribution in [0, 0.1) is 0 Å². The van der Waals surface area contributed by atoms with Crippen LogP contribution >= 0.6 is 0 Å². The maximum atomic E-state index is 12.3. The molecule has 1 aromatic carbocycles. The zero-order valence-corrected chi connectivity index (χ0v) is 15.0. The summed E-state index contributed by atoms with van der Waals surface area (Å²) in [5.74, 6) is -0.0153. The number of nitrogens with zero attached hydrogens (tertiary/aromatic N) is 1. The average Bonchev–Trinajstić information content (AvgIpc) is 3.37. The third-order valence-corrected chi connectivity index (χ3v) is 5.82. The number of hydrogen-bond donors (Lipinski definition) is 2. The molecule has 1 aromatic heterocycles. The third kappa shape index (κ3) is 4.59. The molecular weight excluding hydrogens is 354 g/mol. The lowest BCUT2D eigenvalue weighted by molar-refractivity contribution is 0.551. The highest BCUT2D eigenvalue weighted by atomic mass is 32.2. The number of hydrogen-bond acceptors (Lipinski definition) is 4. The molecule has 1 fully saturated rings. The lowest BCUT2D eigenvalue weighted by Gasteiger charge is -2.17. The van der Waals surface area contributed by atoms with Crippen LogP contribution in [0.5, 0.6) is 0 Å². The average molecular weight is 375 g/mol. The molecule has 0 bridgehead atoms. The molecule has 8 heteroatoms. The third-order valence-electron chi connectivity index (χ3n) is 4.35. The van der Waals surface area contributed by atoms with Gasteiger partial charge in [0.1, 0.15) is 0 Å². The molecule has 0 aliphatic heterocycles. The monoisotopic (exact) mass is 375 g/mol. The van der Waals surface area contributed by atoms with Crippen LogP contribution in [0.1, 0.15) is 24.8 Å². The predicted octanol–water partition coefficient (Wildman–Crippen LogP) is 1.09. The van der Waals surface area contributed by atoms with Crippen molar-refractivity contribution in [3.63, 3.8) is 0 Å². The zero-order chi connectivity index (χ0) is 18.6. The lowest BCUT2D eigenvalue weighted by Crippen LogP contribution is -2.36. The second-order valence-corrected chi connectivity index (χ2v) is 8.23. The maximum absolute atomic E-state index is 12.3. The van der Waals surface area contributed by atoms with Gasteiger partial charge < -0.3 is 0 Å². The van der Waals surface area contributed by atoms with Gasteiger partial charge in [-0.3, -0.25) is 14.3 Å². The number of aromatic nitrogens is 2. The van der Waals surface area contributed by atoms with Gasteiger partial charge in [-0.25, -0.2) is 17.9 Å². The van der Waals surface area contributed by atoms with Gasteiger partial charge in [-0.15, -0.1) is 0 Å². The first-order valence-corrected chi connectivity index (χ1v) is 10.1. The molecule has 1 saturated carbocycles. The largest absolute Gasteiger partial charge is 0.328 e. The first-order chi connectivity index (χ1) is 12.4. The first-order valence-electron chi connectivity index (χ1n) is 8.42. The van der Waals surface area contributed by atoms with Crippen LogP contribution in [0.3, 0.4) is 0 Å². The number of aromatic amines is 1. The smallest absolute Gasteiger partial charge is 0.297 e. The van der Waals surface area contributed by atoms with Crippen molar-refractivity contribution >= 4 is 10.0 Å². The highest BCUT2D eigenvalue weighted by Crippen LogP contribution is 2.45. The minimum atomic E-state index is -3.40. The lowest BCUT2D eigenvalue weighted by atomic mass is 10.1. The van der Waals surface area contributed by atoms with Gasteiger partial charge in [0.05, 0.1) is 11.3 Å². The molecule has 1 aliphatic rings. The van der Waals surface area contributed by atoms with Crippen molar-refractivity contribution in [1.82, 2.24) is 14.3 Å². The summed E-state index contributed by atoms with van der Waals surface area (Å²) in [4.78, 5) is 24.7. The summed E-state index contributed by atoms with van der Waals surface area (Å²) in [6.45, 7) is 0.275. The first kappa shape index (κ1) is 18.3. The normalized spacial score (nSPS) is 16.0. The Morgan fingerprint density at radius 2 is 1.85 bits per heavy atom. The molecule has 0 amide bonds. The number of H-pyrrole nitrogens is 1. The minimum absolute atomic E-state index is 0.0153. The molecule has 138 valence electrons. The fourth-order valence-electron chi connectivity index (χ4n) is 2.80. The second-order valence-electron chi connectivity index (χ2n) is 6.39. The van der Waals surface area contributed by atoms with E-state index in [0.29, 0.717) is 6.42 Å². The fourth-order valence-corrected chi connectivity index (χ4v) is 4.26. The summed E-state index contributed by atoms with van der Waals surface area (Å²) < 4.78 is 28.8. The van der Waals surface area contributed by atoms with E-state index >= 15 is 0 Å². The van der Waals surface area contributed by atoms with E-state index in [2.05, 4.69) is 9.71 Å². The Morgan fingerprint density at radius 1 is 1.12 bits per heavy atom. The van der Waals surface area contributed by atoms with Gasteiger partial charge in [-0.2, -0.15) is 0 Å². The molecular formula is C18H21N3O4S. The molecule has 2 aromatic rings.